The Morgan fingerprint density at radius 1 is 1.10 bits per heavy atom. The summed E-state index contributed by atoms with van der Waals surface area (Å²) in [6.07, 6.45) is -2.00. The molecule has 3 aromatic heterocycles. The molecule has 0 aromatic carbocycles. The third kappa shape index (κ3) is 4.82. The minimum Gasteiger partial charge on any atom is -0.493 e. The summed E-state index contributed by atoms with van der Waals surface area (Å²) in [5.41, 5.74) is -0.154. The third-order valence-electron chi connectivity index (χ3n) is 4.65. The number of aryl methyl sites for hydroxylation is 1. The standard InChI is InChI=1S/C20H19F3N6O2/c1-12-8-15(20(21,22)23)14(11-25-12)16-10-17(26-13-2-3-24-18(30)9-13)28-19(27-16)29-4-6-31-7-5-29/h2-3,8-11H,4-7H2,1H3,(H2,24,26,27,28,30). The molecule has 31 heavy (non-hydrogen) atoms. The Labute approximate surface area is 175 Å². The zero-order chi connectivity index (χ0) is 22.0. The van der Waals surface area contributed by atoms with Crippen LogP contribution in [0.5, 0.6) is 5.88 Å². The van der Waals surface area contributed by atoms with Crippen LogP contribution in [0.4, 0.5) is 30.6 Å². The first-order chi connectivity index (χ1) is 14.8. The number of nitrogens with zero attached hydrogens (tertiary/aromatic N) is 5. The van der Waals surface area contributed by atoms with Crippen molar-refractivity contribution in [3.05, 3.63) is 47.9 Å². The Morgan fingerprint density at radius 3 is 2.58 bits per heavy atom. The number of anilines is 3. The van der Waals surface area contributed by atoms with E-state index in [9.17, 15) is 18.3 Å². The van der Waals surface area contributed by atoms with Crippen molar-refractivity contribution < 1.29 is 23.0 Å². The van der Waals surface area contributed by atoms with E-state index in [1.165, 1.54) is 31.5 Å². The van der Waals surface area contributed by atoms with Gasteiger partial charge in [0.25, 0.3) is 0 Å². The van der Waals surface area contributed by atoms with E-state index in [1.807, 2.05) is 4.90 Å². The van der Waals surface area contributed by atoms with Crippen LogP contribution < -0.4 is 10.2 Å². The van der Waals surface area contributed by atoms with Gasteiger partial charge in [-0.05, 0) is 19.1 Å². The summed E-state index contributed by atoms with van der Waals surface area (Å²) in [6.45, 7) is 3.46. The predicted molar refractivity (Wildman–Crippen MR) is 107 cm³/mol. The maximum atomic E-state index is 13.7. The number of hydrogen-bond acceptors (Lipinski definition) is 8. The van der Waals surface area contributed by atoms with E-state index in [-0.39, 0.29) is 34.6 Å². The molecule has 0 saturated carbocycles. The van der Waals surface area contributed by atoms with Gasteiger partial charge in [-0.1, -0.05) is 0 Å². The van der Waals surface area contributed by atoms with Gasteiger partial charge in [-0.2, -0.15) is 18.2 Å². The maximum absolute atomic E-state index is 13.7. The fourth-order valence-corrected chi connectivity index (χ4v) is 3.18. The number of pyridine rings is 2. The molecule has 1 saturated heterocycles. The minimum atomic E-state index is -4.57. The van der Waals surface area contributed by atoms with Gasteiger partial charge in [0.15, 0.2) is 0 Å². The van der Waals surface area contributed by atoms with Gasteiger partial charge in [-0.15, -0.1) is 0 Å². The number of nitrogens with one attached hydrogen (secondary N) is 1. The number of halogens is 3. The molecule has 1 aliphatic heterocycles. The molecular weight excluding hydrogens is 413 g/mol. The van der Waals surface area contributed by atoms with Gasteiger partial charge < -0.3 is 20.1 Å². The predicted octanol–water partition coefficient (Wildman–Crippen LogP) is 3.55. The van der Waals surface area contributed by atoms with Gasteiger partial charge in [-0.25, -0.2) is 9.97 Å². The molecule has 11 heteroatoms. The molecule has 0 radical (unpaired) electrons. The van der Waals surface area contributed by atoms with Gasteiger partial charge in [0.2, 0.25) is 11.8 Å². The Kier molecular flexibility index (Phi) is 5.59. The van der Waals surface area contributed by atoms with Crippen LogP contribution >= 0.6 is 0 Å². The zero-order valence-corrected chi connectivity index (χ0v) is 16.5. The molecule has 4 rings (SSSR count). The van der Waals surface area contributed by atoms with Gasteiger partial charge in [0, 0.05) is 54.6 Å². The minimum absolute atomic E-state index is 0.0806. The topological polar surface area (TPSA) is 96.3 Å². The first-order valence-electron chi connectivity index (χ1n) is 9.47. The summed E-state index contributed by atoms with van der Waals surface area (Å²) >= 11 is 0. The van der Waals surface area contributed by atoms with Crippen molar-refractivity contribution in [1.82, 2.24) is 19.9 Å². The first-order valence-corrected chi connectivity index (χ1v) is 9.47. The molecule has 0 bridgehead atoms. The van der Waals surface area contributed by atoms with Gasteiger partial charge in [-0.3, -0.25) is 4.98 Å². The van der Waals surface area contributed by atoms with Gasteiger partial charge in [0.05, 0.1) is 24.5 Å². The Balaban J connectivity index is 1.82. The summed E-state index contributed by atoms with van der Waals surface area (Å²) in [4.78, 5) is 18.5. The highest BCUT2D eigenvalue weighted by Gasteiger charge is 2.35. The smallest absolute Gasteiger partial charge is 0.417 e. The highest BCUT2D eigenvalue weighted by molar-refractivity contribution is 5.70. The SMILES string of the molecule is Cc1cc(C(F)(F)F)c(-c2cc(Nc3ccnc(O)c3)nc(N3CCOCC3)n2)cn1. The summed E-state index contributed by atoms with van der Waals surface area (Å²) in [5.74, 6) is 0.343. The third-order valence-corrected chi connectivity index (χ3v) is 4.65. The van der Waals surface area contributed by atoms with Crippen LogP contribution in [0.3, 0.4) is 0 Å². The number of rotatable bonds is 4. The lowest BCUT2D eigenvalue weighted by atomic mass is 10.1. The van der Waals surface area contributed by atoms with Crippen molar-refractivity contribution >= 4 is 17.5 Å². The molecule has 0 aliphatic carbocycles. The van der Waals surface area contributed by atoms with Crippen LogP contribution in [0.2, 0.25) is 0 Å². The van der Waals surface area contributed by atoms with Gasteiger partial charge in [0.1, 0.15) is 5.82 Å². The van der Waals surface area contributed by atoms with E-state index in [0.717, 1.165) is 6.07 Å². The summed E-state index contributed by atoms with van der Waals surface area (Å²) in [6, 6.07) is 5.40. The van der Waals surface area contributed by atoms with Crippen molar-refractivity contribution in [3.63, 3.8) is 0 Å². The lowest BCUT2D eigenvalue weighted by Crippen LogP contribution is -2.37. The van der Waals surface area contributed by atoms with Crippen LogP contribution in [0.1, 0.15) is 11.3 Å². The second kappa shape index (κ2) is 8.34. The monoisotopic (exact) mass is 432 g/mol. The van der Waals surface area contributed by atoms with E-state index < -0.39 is 11.7 Å². The molecule has 0 unspecified atom stereocenters. The molecule has 1 aliphatic rings. The van der Waals surface area contributed by atoms with Crippen molar-refractivity contribution in [2.75, 3.05) is 36.5 Å². The number of aromatic nitrogens is 4. The van der Waals surface area contributed by atoms with E-state index in [2.05, 4.69) is 25.3 Å². The highest BCUT2D eigenvalue weighted by Crippen LogP contribution is 2.37. The van der Waals surface area contributed by atoms with Crippen LogP contribution in [-0.4, -0.2) is 51.3 Å². The van der Waals surface area contributed by atoms with Crippen LogP contribution in [0.25, 0.3) is 11.3 Å². The average Bonchev–Trinajstić information content (AvgIpc) is 2.73. The fourth-order valence-electron chi connectivity index (χ4n) is 3.18. The molecule has 4 heterocycles. The van der Waals surface area contributed by atoms with Crippen molar-refractivity contribution in [2.24, 2.45) is 0 Å². The number of aromatic hydroxyl groups is 1. The molecule has 162 valence electrons. The quantitative estimate of drug-likeness (QED) is 0.646. The first kappa shape index (κ1) is 20.8. The molecule has 3 aromatic rings. The van der Waals surface area contributed by atoms with Crippen LogP contribution in [-0.2, 0) is 10.9 Å². The van der Waals surface area contributed by atoms with Crippen molar-refractivity contribution in [1.29, 1.82) is 0 Å². The maximum Gasteiger partial charge on any atom is 0.417 e. The number of alkyl halides is 3. The number of morpholine rings is 1. The average molecular weight is 432 g/mol. The van der Waals surface area contributed by atoms with E-state index in [1.54, 1.807) is 6.07 Å². The molecule has 0 spiro atoms. The van der Waals surface area contributed by atoms with Crippen LogP contribution in [0, 0.1) is 6.92 Å². The van der Waals surface area contributed by atoms with E-state index in [0.29, 0.717) is 32.0 Å². The van der Waals surface area contributed by atoms with Gasteiger partial charge >= 0.3 is 6.18 Å². The molecule has 1 fully saturated rings. The number of hydrogen-bond donors (Lipinski definition) is 2. The molecule has 2 N–H and O–H groups in total. The molecule has 0 amide bonds. The zero-order valence-electron chi connectivity index (χ0n) is 16.5. The van der Waals surface area contributed by atoms with Crippen molar-refractivity contribution in [2.45, 2.75) is 13.1 Å². The van der Waals surface area contributed by atoms with E-state index >= 15 is 0 Å². The number of ether oxygens (including phenoxy) is 1. The lowest BCUT2D eigenvalue weighted by molar-refractivity contribution is -0.137. The fraction of sp³-hybridized carbons (Fsp3) is 0.300. The molecule has 8 nitrogen and oxygen atoms in total. The highest BCUT2D eigenvalue weighted by atomic mass is 19.4. The lowest BCUT2D eigenvalue weighted by Gasteiger charge is -2.27. The Morgan fingerprint density at radius 2 is 1.87 bits per heavy atom. The molecular formula is C20H19F3N6O2. The Hall–Kier alpha value is -3.47. The second-order valence-electron chi connectivity index (χ2n) is 6.93. The summed E-state index contributed by atoms with van der Waals surface area (Å²) < 4.78 is 46.5. The summed E-state index contributed by atoms with van der Waals surface area (Å²) in [5, 5.41) is 12.6. The molecule has 0 atom stereocenters. The van der Waals surface area contributed by atoms with Crippen molar-refractivity contribution in [3.8, 4) is 17.1 Å². The Bertz CT molecular complexity index is 1090. The van der Waals surface area contributed by atoms with E-state index in [4.69, 9.17) is 4.74 Å². The second-order valence-corrected chi connectivity index (χ2v) is 6.93. The normalized spacial score (nSPS) is 14.5. The summed E-state index contributed by atoms with van der Waals surface area (Å²) in [7, 11) is 0. The largest absolute Gasteiger partial charge is 0.493 e. The van der Waals surface area contributed by atoms with Crippen LogP contribution in [0.15, 0.2) is 36.7 Å².